The Balaban J connectivity index is 0.00000200. The Kier molecular flexibility index (Phi) is 4.87. The fourth-order valence-electron chi connectivity index (χ4n) is 1.72. The van der Waals surface area contributed by atoms with E-state index in [0.29, 0.717) is 18.4 Å². The van der Waals surface area contributed by atoms with Gasteiger partial charge in [-0.15, -0.1) is 12.4 Å². The normalized spacial score (nSPS) is 15.2. The predicted molar refractivity (Wildman–Crippen MR) is 72.9 cm³/mol. The lowest BCUT2D eigenvalue weighted by molar-refractivity contribution is -0.384. The van der Waals surface area contributed by atoms with Gasteiger partial charge in [0.25, 0.3) is 5.69 Å². The molecule has 20 heavy (non-hydrogen) atoms. The number of nitro benzene ring substituents is 1. The Morgan fingerprint density at radius 3 is 2.50 bits per heavy atom. The molecule has 1 aliphatic rings. The van der Waals surface area contributed by atoms with E-state index in [0.717, 1.165) is 12.1 Å². The third-order valence-electron chi connectivity index (χ3n) is 2.59. The summed E-state index contributed by atoms with van der Waals surface area (Å²) in [6.07, 6.45) is -4.63. The van der Waals surface area contributed by atoms with E-state index >= 15 is 0 Å². The lowest BCUT2D eigenvalue weighted by Crippen LogP contribution is -2.24. The van der Waals surface area contributed by atoms with Gasteiger partial charge in [-0.1, -0.05) is 11.8 Å². The van der Waals surface area contributed by atoms with Crippen molar-refractivity contribution in [2.75, 3.05) is 17.2 Å². The number of alkyl halides is 3. The van der Waals surface area contributed by atoms with Gasteiger partial charge in [0, 0.05) is 18.4 Å². The molecule has 0 radical (unpaired) electrons. The fraction of sp³-hybridized carbons (Fsp3) is 0.300. The maximum absolute atomic E-state index is 12.5. The number of nitrogens with one attached hydrogen (secondary N) is 1. The molecule has 1 aromatic rings. The minimum Gasteiger partial charge on any atom is -0.315 e. The van der Waals surface area contributed by atoms with Gasteiger partial charge in [-0.25, -0.2) is 0 Å². The van der Waals surface area contributed by atoms with Crippen LogP contribution in [-0.4, -0.2) is 22.4 Å². The van der Waals surface area contributed by atoms with Gasteiger partial charge < -0.3 is 4.90 Å². The number of nitro groups is 1. The maximum Gasteiger partial charge on any atom is 0.416 e. The highest BCUT2D eigenvalue weighted by Crippen LogP contribution is 2.38. The van der Waals surface area contributed by atoms with Crippen molar-refractivity contribution in [2.24, 2.45) is 0 Å². The van der Waals surface area contributed by atoms with E-state index in [4.69, 9.17) is 5.41 Å². The first-order chi connectivity index (χ1) is 8.80. The molecule has 0 spiro atoms. The molecule has 0 atom stereocenters. The highest BCUT2D eigenvalue weighted by molar-refractivity contribution is 8.14. The summed E-state index contributed by atoms with van der Waals surface area (Å²) in [6, 6.07) is 2.34. The summed E-state index contributed by atoms with van der Waals surface area (Å²) in [5.74, 6) is 0.580. The highest BCUT2D eigenvalue weighted by atomic mass is 35.5. The highest BCUT2D eigenvalue weighted by Gasteiger charge is 2.34. The second-order valence-electron chi connectivity index (χ2n) is 3.76. The predicted octanol–water partition coefficient (Wildman–Crippen LogP) is 3.52. The lowest BCUT2D eigenvalue weighted by Gasteiger charge is -2.17. The molecule has 0 unspecified atom stereocenters. The standard InChI is InChI=1S/C10H8F3N3O2S.ClH/c11-10(12,13)6-1-2-7(8(5-6)16(17)18)15-3-4-19-9(15)14;/h1-2,5,14H,3-4H2;1H. The molecule has 0 bridgehead atoms. The first-order valence-corrected chi connectivity index (χ1v) is 6.14. The largest absolute Gasteiger partial charge is 0.416 e. The van der Waals surface area contributed by atoms with Gasteiger partial charge >= 0.3 is 6.18 Å². The summed E-state index contributed by atoms with van der Waals surface area (Å²) in [5.41, 5.74) is -1.68. The summed E-state index contributed by atoms with van der Waals surface area (Å²) in [7, 11) is 0. The smallest absolute Gasteiger partial charge is 0.315 e. The van der Waals surface area contributed by atoms with E-state index < -0.39 is 22.4 Å². The molecule has 1 aromatic carbocycles. The molecule has 0 saturated carbocycles. The SMILES string of the molecule is Cl.N=C1SCCN1c1ccc(C(F)(F)F)cc1[N+](=O)[O-]. The number of hydrogen-bond donors (Lipinski definition) is 1. The zero-order valence-corrected chi connectivity index (χ0v) is 11.4. The second-order valence-corrected chi connectivity index (χ2v) is 4.85. The van der Waals surface area contributed by atoms with Crippen LogP contribution in [0.5, 0.6) is 0 Å². The summed E-state index contributed by atoms with van der Waals surface area (Å²) in [6.45, 7) is 0.371. The molecular formula is C10H9ClF3N3O2S. The number of thioether (sulfide) groups is 1. The summed E-state index contributed by atoms with van der Waals surface area (Å²) >= 11 is 1.19. The average Bonchev–Trinajstić information content (AvgIpc) is 2.73. The van der Waals surface area contributed by atoms with Gasteiger partial charge in [0.15, 0.2) is 5.17 Å². The number of rotatable bonds is 2. The van der Waals surface area contributed by atoms with Crippen LogP contribution in [0.3, 0.4) is 0 Å². The minimum atomic E-state index is -4.63. The number of hydrogen-bond acceptors (Lipinski definition) is 4. The van der Waals surface area contributed by atoms with Crippen molar-refractivity contribution in [1.29, 1.82) is 5.41 Å². The van der Waals surface area contributed by atoms with Gasteiger partial charge in [0.2, 0.25) is 0 Å². The monoisotopic (exact) mass is 327 g/mol. The fourth-order valence-corrected chi connectivity index (χ4v) is 2.53. The molecule has 1 saturated heterocycles. The molecule has 110 valence electrons. The first kappa shape index (κ1) is 16.6. The van der Waals surface area contributed by atoms with E-state index in [1.807, 2.05) is 0 Å². The van der Waals surface area contributed by atoms with Crippen molar-refractivity contribution in [3.8, 4) is 0 Å². The second kappa shape index (κ2) is 5.88. The van der Waals surface area contributed by atoms with Crippen LogP contribution in [-0.2, 0) is 6.18 Å². The molecule has 0 amide bonds. The quantitative estimate of drug-likeness (QED) is 0.666. The molecule has 1 heterocycles. The molecule has 0 aliphatic carbocycles. The minimum absolute atomic E-state index is 0. The van der Waals surface area contributed by atoms with Crippen molar-refractivity contribution >= 4 is 40.7 Å². The average molecular weight is 328 g/mol. The van der Waals surface area contributed by atoms with Gasteiger partial charge in [0.1, 0.15) is 5.69 Å². The Hall–Kier alpha value is -1.48. The van der Waals surface area contributed by atoms with Gasteiger partial charge in [-0.05, 0) is 12.1 Å². The van der Waals surface area contributed by atoms with Crippen molar-refractivity contribution in [3.05, 3.63) is 33.9 Å². The number of halogens is 4. The third-order valence-corrected chi connectivity index (χ3v) is 3.47. The van der Waals surface area contributed by atoms with E-state index in [1.165, 1.54) is 16.7 Å². The number of anilines is 1. The third kappa shape index (κ3) is 3.15. The van der Waals surface area contributed by atoms with Crippen LogP contribution >= 0.6 is 24.2 Å². The van der Waals surface area contributed by atoms with Gasteiger partial charge in [0.05, 0.1) is 10.5 Å². The van der Waals surface area contributed by atoms with Gasteiger partial charge in [-0.3, -0.25) is 15.5 Å². The zero-order valence-electron chi connectivity index (χ0n) is 9.81. The maximum atomic E-state index is 12.5. The van der Waals surface area contributed by atoms with Crippen molar-refractivity contribution in [2.45, 2.75) is 6.18 Å². The lowest BCUT2D eigenvalue weighted by atomic mass is 10.1. The molecule has 2 rings (SSSR count). The van der Waals surface area contributed by atoms with Crippen molar-refractivity contribution in [3.63, 3.8) is 0 Å². The zero-order chi connectivity index (χ0) is 14.2. The Morgan fingerprint density at radius 2 is 2.05 bits per heavy atom. The first-order valence-electron chi connectivity index (χ1n) is 5.15. The van der Waals surface area contributed by atoms with Crippen LogP contribution in [0.25, 0.3) is 0 Å². The number of amidine groups is 1. The molecule has 10 heteroatoms. The Labute approximate surface area is 122 Å². The van der Waals surface area contributed by atoms with E-state index in [1.54, 1.807) is 0 Å². The molecular weight excluding hydrogens is 319 g/mol. The van der Waals surface area contributed by atoms with Crippen molar-refractivity contribution in [1.82, 2.24) is 0 Å². The van der Waals surface area contributed by atoms with Crippen molar-refractivity contribution < 1.29 is 18.1 Å². The van der Waals surface area contributed by atoms with Crippen LogP contribution in [0.15, 0.2) is 18.2 Å². The Bertz CT molecular complexity index is 553. The number of benzene rings is 1. The molecule has 1 aliphatic heterocycles. The van der Waals surface area contributed by atoms with Gasteiger partial charge in [-0.2, -0.15) is 13.2 Å². The van der Waals surface area contributed by atoms with Crippen LogP contribution in [0.1, 0.15) is 5.56 Å². The van der Waals surface area contributed by atoms with Crippen LogP contribution in [0.2, 0.25) is 0 Å². The topological polar surface area (TPSA) is 70.2 Å². The van der Waals surface area contributed by atoms with E-state index in [-0.39, 0.29) is 23.3 Å². The molecule has 0 aromatic heterocycles. The molecule has 5 nitrogen and oxygen atoms in total. The molecule has 1 fully saturated rings. The Morgan fingerprint density at radius 1 is 1.40 bits per heavy atom. The summed E-state index contributed by atoms with van der Waals surface area (Å²) in [4.78, 5) is 11.4. The van der Waals surface area contributed by atoms with Crippen LogP contribution in [0.4, 0.5) is 24.5 Å². The van der Waals surface area contributed by atoms with E-state index in [2.05, 4.69) is 0 Å². The summed E-state index contributed by atoms with van der Waals surface area (Å²) in [5, 5.41) is 18.6. The van der Waals surface area contributed by atoms with Crippen LogP contribution in [0, 0.1) is 15.5 Å². The number of nitrogens with zero attached hydrogens (tertiary/aromatic N) is 2. The van der Waals surface area contributed by atoms with E-state index in [9.17, 15) is 23.3 Å². The van der Waals surface area contributed by atoms with Crippen LogP contribution < -0.4 is 4.90 Å². The molecule has 1 N–H and O–H groups in total. The summed E-state index contributed by atoms with van der Waals surface area (Å²) < 4.78 is 37.6.